The molecule has 5 rings (SSSR count). The zero-order valence-corrected chi connectivity index (χ0v) is 25.0. The number of halogens is 3. The van der Waals surface area contributed by atoms with E-state index in [1.54, 1.807) is 16.8 Å². The van der Waals surface area contributed by atoms with Crippen LogP contribution in [0.25, 0.3) is 34.0 Å². The Labute approximate surface area is 251 Å². The Morgan fingerprint density at radius 1 is 0.930 bits per heavy atom. The van der Waals surface area contributed by atoms with Crippen LogP contribution in [0.4, 0.5) is 18.9 Å². The first-order valence-corrected chi connectivity index (χ1v) is 15.7. The Balaban J connectivity index is 1.78. The highest BCUT2D eigenvalue weighted by molar-refractivity contribution is 7.98. The van der Waals surface area contributed by atoms with Crippen molar-refractivity contribution < 1.29 is 26.3 Å². The lowest BCUT2D eigenvalue weighted by atomic mass is 10.1. The molecule has 8 nitrogen and oxygen atoms in total. The Hall–Kier alpha value is -4.20. The third-order valence-corrected chi connectivity index (χ3v) is 8.94. The molecule has 0 radical (unpaired) electrons. The summed E-state index contributed by atoms with van der Waals surface area (Å²) in [6.45, 7) is 1.53. The molecule has 43 heavy (non-hydrogen) atoms. The number of anilines is 1. The Bertz CT molecular complexity index is 1870. The third kappa shape index (κ3) is 5.63. The van der Waals surface area contributed by atoms with Crippen molar-refractivity contribution in [1.29, 1.82) is 0 Å². The highest BCUT2D eigenvalue weighted by Gasteiger charge is 2.34. The fraction of sp³-hybridized carbons (Fsp3) is 0.167. The van der Waals surface area contributed by atoms with Gasteiger partial charge >= 0.3 is 0 Å². The molecule has 0 amide bonds. The van der Waals surface area contributed by atoms with Crippen LogP contribution in [0, 0.1) is 17.5 Å². The number of sulfonamides is 1. The van der Waals surface area contributed by atoms with Crippen LogP contribution in [-0.4, -0.2) is 48.0 Å². The number of thioether (sulfide) groups is 1. The fourth-order valence-electron chi connectivity index (χ4n) is 4.71. The summed E-state index contributed by atoms with van der Waals surface area (Å²) >= 11 is 1.33. The van der Waals surface area contributed by atoms with Gasteiger partial charge in [0.2, 0.25) is 0 Å². The summed E-state index contributed by atoms with van der Waals surface area (Å²) < 4.78 is 80.6. The third-order valence-electron chi connectivity index (χ3n) is 6.59. The first-order valence-electron chi connectivity index (χ1n) is 13.0. The van der Waals surface area contributed by atoms with Crippen LogP contribution in [-0.2, 0) is 21.3 Å². The molecule has 2 aromatic heterocycles. The average Bonchev–Trinajstić information content (AvgIpc) is 3.40. The van der Waals surface area contributed by atoms with E-state index in [1.165, 1.54) is 37.1 Å². The van der Waals surface area contributed by atoms with Crippen molar-refractivity contribution in [2.24, 2.45) is 0 Å². The van der Waals surface area contributed by atoms with Gasteiger partial charge in [0.1, 0.15) is 29.9 Å². The van der Waals surface area contributed by atoms with Crippen molar-refractivity contribution in [1.82, 2.24) is 19.5 Å². The van der Waals surface area contributed by atoms with Gasteiger partial charge in [-0.05, 0) is 43.5 Å². The van der Waals surface area contributed by atoms with Crippen LogP contribution in [0.1, 0.15) is 6.92 Å². The molecular formula is C30H26F3N5O3S2. The Morgan fingerprint density at radius 2 is 1.63 bits per heavy atom. The van der Waals surface area contributed by atoms with Gasteiger partial charge in [-0.25, -0.2) is 40.8 Å². The fourth-order valence-corrected chi connectivity index (χ4v) is 6.56. The first kappa shape index (κ1) is 30.3. The predicted molar refractivity (Wildman–Crippen MR) is 159 cm³/mol. The van der Waals surface area contributed by atoms with Gasteiger partial charge < -0.3 is 9.30 Å². The van der Waals surface area contributed by atoms with Crippen LogP contribution >= 0.6 is 11.8 Å². The standard InChI is InChI=1S/C30H26F3N5O3S2/c1-4-37-27(26(23-16-17-34-30(35-23)42-3)36-29(37)19-10-6-5-7-11-19)20-12-8-15-24(25(20)33)38(18-41-2)43(39,40)28-21(31)13-9-14-22(28)32/h5-17H,4,18H2,1-3H3. The van der Waals surface area contributed by atoms with E-state index in [0.717, 1.165) is 23.8 Å². The number of ether oxygens (including phenoxy) is 1. The summed E-state index contributed by atoms with van der Waals surface area (Å²) in [4.78, 5) is 12.5. The van der Waals surface area contributed by atoms with E-state index < -0.39 is 44.8 Å². The van der Waals surface area contributed by atoms with Crippen molar-refractivity contribution in [2.45, 2.75) is 23.5 Å². The molecule has 0 aliphatic carbocycles. The molecule has 0 N–H and O–H groups in total. The minimum Gasteiger partial charge on any atom is -0.363 e. The van der Waals surface area contributed by atoms with E-state index in [9.17, 15) is 17.2 Å². The number of methoxy groups -OCH3 is 1. The van der Waals surface area contributed by atoms with Gasteiger partial charge in [0.25, 0.3) is 10.0 Å². The summed E-state index contributed by atoms with van der Waals surface area (Å²) in [6.07, 6.45) is 3.40. The quantitative estimate of drug-likeness (QED) is 0.0978. The lowest BCUT2D eigenvalue weighted by Crippen LogP contribution is -2.34. The molecule has 0 spiro atoms. The molecule has 5 aromatic rings. The zero-order valence-electron chi connectivity index (χ0n) is 23.3. The van der Waals surface area contributed by atoms with E-state index >= 15 is 4.39 Å². The minimum atomic E-state index is -4.95. The first-order chi connectivity index (χ1) is 20.7. The smallest absolute Gasteiger partial charge is 0.272 e. The van der Waals surface area contributed by atoms with Crippen LogP contribution in [0.3, 0.4) is 0 Å². The van der Waals surface area contributed by atoms with E-state index in [1.807, 2.05) is 43.5 Å². The maximum atomic E-state index is 16.7. The topological polar surface area (TPSA) is 90.2 Å². The molecule has 0 aliphatic rings. The highest BCUT2D eigenvalue weighted by Crippen LogP contribution is 2.40. The monoisotopic (exact) mass is 625 g/mol. The maximum Gasteiger partial charge on any atom is 0.272 e. The number of hydrogen-bond acceptors (Lipinski definition) is 7. The number of imidazole rings is 1. The summed E-state index contributed by atoms with van der Waals surface area (Å²) in [6, 6.07) is 17.8. The SMILES string of the molecule is CCn1c(-c2ccccc2)nc(-c2ccnc(SC)n2)c1-c1cccc(N(COC)S(=O)(=O)c2c(F)cccc2F)c1F. The van der Waals surface area contributed by atoms with Gasteiger partial charge in [-0.15, -0.1) is 0 Å². The molecular weight excluding hydrogens is 599 g/mol. The molecule has 0 atom stereocenters. The number of hydrogen-bond donors (Lipinski definition) is 0. The number of benzene rings is 3. The number of nitrogens with zero attached hydrogens (tertiary/aromatic N) is 5. The molecule has 0 fully saturated rings. The molecule has 3 aromatic carbocycles. The largest absolute Gasteiger partial charge is 0.363 e. The molecule has 2 heterocycles. The predicted octanol–water partition coefficient (Wildman–Crippen LogP) is 6.63. The van der Waals surface area contributed by atoms with Crippen molar-refractivity contribution in [3.05, 3.63) is 96.4 Å². The lowest BCUT2D eigenvalue weighted by Gasteiger charge is -2.25. The molecule has 0 saturated carbocycles. The van der Waals surface area contributed by atoms with E-state index in [0.29, 0.717) is 38.9 Å². The van der Waals surface area contributed by atoms with Gasteiger partial charge in [0, 0.05) is 31.0 Å². The Kier molecular flexibility index (Phi) is 8.85. The van der Waals surface area contributed by atoms with Gasteiger partial charge in [-0.2, -0.15) is 0 Å². The molecule has 0 aliphatic heterocycles. The van der Waals surface area contributed by atoms with E-state index in [-0.39, 0.29) is 5.56 Å². The van der Waals surface area contributed by atoms with Gasteiger partial charge in [-0.1, -0.05) is 54.2 Å². The van der Waals surface area contributed by atoms with E-state index in [2.05, 4.69) is 9.97 Å². The second-order valence-corrected chi connectivity index (χ2v) is 11.7. The summed E-state index contributed by atoms with van der Waals surface area (Å²) in [7, 11) is -3.76. The van der Waals surface area contributed by atoms with Crippen LogP contribution in [0.15, 0.2) is 89.0 Å². The maximum absolute atomic E-state index is 16.7. The number of rotatable bonds is 10. The average molecular weight is 626 g/mol. The van der Waals surface area contributed by atoms with Gasteiger partial charge in [0.05, 0.1) is 17.1 Å². The molecule has 0 unspecified atom stereocenters. The highest BCUT2D eigenvalue weighted by atomic mass is 32.2. The van der Waals surface area contributed by atoms with Crippen LogP contribution in [0.5, 0.6) is 0 Å². The summed E-state index contributed by atoms with van der Waals surface area (Å²) in [5.41, 5.74) is 1.41. The zero-order chi connectivity index (χ0) is 30.7. The van der Waals surface area contributed by atoms with Crippen LogP contribution in [0.2, 0.25) is 0 Å². The summed E-state index contributed by atoms with van der Waals surface area (Å²) in [5.74, 6) is -3.05. The second-order valence-electron chi connectivity index (χ2n) is 9.13. The molecule has 222 valence electrons. The molecule has 0 bridgehead atoms. The normalized spacial score (nSPS) is 11.6. The van der Waals surface area contributed by atoms with Crippen LogP contribution < -0.4 is 4.31 Å². The van der Waals surface area contributed by atoms with Gasteiger partial charge in [0.15, 0.2) is 15.9 Å². The van der Waals surface area contributed by atoms with Crippen molar-refractivity contribution in [3.8, 4) is 34.0 Å². The number of aromatic nitrogens is 4. The van der Waals surface area contributed by atoms with Crippen molar-refractivity contribution in [2.75, 3.05) is 24.4 Å². The minimum absolute atomic E-state index is 0.00125. The van der Waals surface area contributed by atoms with Crippen molar-refractivity contribution >= 4 is 27.5 Å². The van der Waals surface area contributed by atoms with E-state index in [4.69, 9.17) is 9.72 Å². The Morgan fingerprint density at radius 3 is 2.28 bits per heavy atom. The lowest BCUT2D eigenvalue weighted by molar-refractivity contribution is 0.209. The second kappa shape index (κ2) is 12.6. The van der Waals surface area contributed by atoms with Crippen molar-refractivity contribution in [3.63, 3.8) is 0 Å². The molecule has 0 saturated heterocycles. The van der Waals surface area contributed by atoms with Gasteiger partial charge in [-0.3, -0.25) is 0 Å². The molecule has 13 heteroatoms. The summed E-state index contributed by atoms with van der Waals surface area (Å²) in [5, 5.41) is 0.481.